The zero-order chi connectivity index (χ0) is 16.1. The third kappa shape index (κ3) is 3.90. The van der Waals surface area contributed by atoms with Crippen molar-refractivity contribution in [3.05, 3.63) is 36.0 Å². The molecule has 1 aliphatic rings. The van der Waals surface area contributed by atoms with Gasteiger partial charge < -0.3 is 19.3 Å². The Labute approximate surface area is 134 Å². The Morgan fingerprint density at radius 2 is 2.17 bits per heavy atom. The number of nitrogens with one attached hydrogen (secondary N) is 1. The van der Waals surface area contributed by atoms with Crippen molar-refractivity contribution in [1.82, 2.24) is 10.5 Å². The summed E-state index contributed by atoms with van der Waals surface area (Å²) in [7, 11) is 1.63. The molecule has 0 saturated carbocycles. The molecule has 0 bridgehead atoms. The number of rotatable bonds is 5. The number of carbonyl (C=O) groups excluding carboxylic acids is 1. The minimum atomic E-state index is -0.336. The van der Waals surface area contributed by atoms with E-state index in [9.17, 15) is 4.79 Å². The minimum Gasteiger partial charge on any atom is -0.497 e. The van der Waals surface area contributed by atoms with Crippen molar-refractivity contribution in [2.75, 3.05) is 13.7 Å². The van der Waals surface area contributed by atoms with Crippen molar-refractivity contribution in [3.63, 3.8) is 0 Å². The Hall–Kier alpha value is -2.34. The molecule has 0 radical (unpaired) electrons. The van der Waals surface area contributed by atoms with Gasteiger partial charge in [-0.1, -0.05) is 5.16 Å². The van der Waals surface area contributed by atoms with Gasteiger partial charge in [0.2, 0.25) is 5.91 Å². The topological polar surface area (TPSA) is 73.6 Å². The summed E-state index contributed by atoms with van der Waals surface area (Å²) in [5, 5.41) is 6.84. The molecule has 1 N–H and O–H groups in total. The van der Waals surface area contributed by atoms with E-state index in [4.69, 9.17) is 14.0 Å². The van der Waals surface area contributed by atoms with Crippen LogP contribution in [0, 0.1) is 0 Å². The smallest absolute Gasteiger partial charge is 0.249 e. The van der Waals surface area contributed by atoms with Crippen molar-refractivity contribution in [1.29, 1.82) is 0 Å². The van der Waals surface area contributed by atoms with E-state index in [0.717, 1.165) is 30.6 Å². The lowest BCUT2D eigenvalue weighted by atomic mass is 10.1. The van der Waals surface area contributed by atoms with E-state index in [1.165, 1.54) is 0 Å². The second-order valence-electron chi connectivity index (χ2n) is 5.48. The first-order valence-corrected chi connectivity index (χ1v) is 7.75. The van der Waals surface area contributed by atoms with Crippen LogP contribution in [-0.2, 0) is 16.1 Å². The zero-order valence-corrected chi connectivity index (χ0v) is 13.1. The van der Waals surface area contributed by atoms with Crippen LogP contribution in [0.5, 0.6) is 5.75 Å². The van der Waals surface area contributed by atoms with Crippen molar-refractivity contribution < 1.29 is 18.8 Å². The van der Waals surface area contributed by atoms with E-state index in [1.807, 2.05) is 30.3 Å². The van der Waals surface area contributed by atoms with Gasteiger partial charge in [0.05, 0.1) is 13.7 Å². The first-order chi connectivity index (χ1) is 11.3. The van der Waals surface area contributed by atoms with Crippen LogP contribution < -0.4 is 10.1 Å². The van der Waals surface area contributed by atoms with Crippen molar-refractivity contribution in [2.45, 2.75) is 31.9 Å². The molecule has 1 atom stereocenters. The van der Waals surface area contributed by atoms with Gasteiger partial charge in [0, 0.05) is 18.2 Å². The van der Waals surface area contributed by atoms with Crippen LogP contribution in [0.1, 0.15) is 25.0 Å². The molecular formula is C17H20N2O4. The molecule has 1 aromatic carbocycles. The fourth-order valence-electron chi connectivity index (χ4n) is 2.53. The van der Waals surface area contributed by atoms with E-state index in [1.54, 1.807) is 7.11 Å². The average Bonchev–Trinajstić information content (AvgIpc) is 3.09. The lowest BCUT2D eigenvalue weighted by Crippen LogP contribution is -2.38. The van der Waals surface area contributed by atoms with Gasteiger partial charge in [-0.05, 0) is 43.5 Å². The Morgan fingerprint density at radius 3 is 2.87 bits per heavy atom. The summed E-state index contributed by atoms with van der Waals surface area (Å²) >= 11 is 0. The summed E-state index contributed by atoms with van der Waals surface area (Å²) in [6, 6.07) is 9.35. The molecule has 6 nitrogen and oxygen atoms in total. The second kappa shape index (κ2) is 7.28. The molecule has 2 aromatic rings. The number of carbonyl (C=O) groups is 1. The number of hydrogen-bond acceptors (Lipinski definition) is 5. The van der Waals surface area contributed by atoms with Gasteiger partial charge in [0.1, 0.15) is 17.5 Å². The Kier molecular flexibility index (Phi) is 4.92. The fourth-order valence-corrected chi connectivity index (χ4v) is 2.53. The number of ether oxygens (including phenoxy) is 2. The zero-order valence-electron chi connectivity index (χ0n) is 13.1. The highest BCUT2D eigenvalue weighted by molar-refractivity contribution is 5.80. The van der Waals surface area contributed by atoms with Crippen LogP contribution >= 0.6 is 0 Å². The Balaban J connectivity index is 1.57. The van der Waals surface area contributed by atoms with Crippen LogP contribution in [0.4, 0.5) is 0 Å². The van der Waals surface area contributed by atoms with Gasteiger partial charge in [-0.15, -0.1) is 0 Å². The number of amides is 1. The molecule has 1 fully saturated rings. The van der Waals surface area contributed by atoms with Crippen LogP contribution in [0.25, 0.3) is 11.3 Å². The molecule has 1 aliphatic heterocycles. The molecule has 122 valence electrons. The average molecular weight is 316 g/mol. The first kappa shape index (κ1) is 15.6. The quantitative estimate of drug-likeness (QED) is 0.917. The van der Waals surface area contributed by atoms with Crippen LogP contribution in [0.15, 0.2) is 34.9 Å². The summed E-state index contributed by atoms with van der Waals surface area (Å²) in [6.45, 7) is 0.988. The normalized spacial score (nSPS) is 17.7. The summed E-state index contributed by atoms with van der Waals surface area (Å²) < 4.78 is 15.9. The van der Waals surface area contributed by atoms with Gasteiger partial charge in [-0.25, -0.2) is 0 Å². The molecule has 1 aromatic heterocycles. The number of benzene rings is 1. The number of hydrogen-bond donors (Lipinski definition) is 1. The Morgan fingerprint density at radius 1 is 1.35 bits per heavy atom. The van der Waals surface area contributed by atoms with Gasteiger partial charge in [0.25, 0.3) is 0 Å². The standard InChI is InChI=1S/C17H20N2O4/c1-21-14-7-5-12(6-8-14)16-10-13(19-23-16)11-18-17(20)15-4-2-3-9-22-15/h5-8,10,15H,2-4,9,11H2,1H3,(H,18,20)/t15-/m0/s1. The van der Waals surface area contributed by atoms with Gasteiger partial charge in [0.15, 0.2) is 5.76 Å². The summed E-state index contributed by atoms with van der Waals surface area (Å²) in [5.41, 5.74) is 1.59. The second-order valence-corrected chi connectivity index (χ2v) is 5.48. The summed E-state index contributed by atoms with van der Waals surface area (Å²) in [6.07, 6.45) is 2.50. The van der Waals surface area contributed by atoms with Gasteiger partial charge >= 0.3 is 0 Å². The fraction of sp³-hybridized carbons (Fsp3) is 0.412. The van der Waals surface area contributed by atoms with E-state index in [-0.39, 0.29) is 12.0 Å². The lowest BCUT2D eigenvalue weighted by Gasteiger charge is -2.21. The summed E-state index contributed by atoms with van der Waals surface area (Å²) in [5.74, 6) is 1.36. The largest absolute Gasteiger partial charge is 0.497 e. The molecule has 0 spiro atoms. The maximum atomic E-state index is 12.0. The number of aromatic nitrogens is 1. The van der Waals surface area contributed by atoms with Gasteiger partial charge in [-0.3, -0.25) is 4.79 Å². The van der Waals surface area contributed by atoms with Crippen molar-refractivity contribution >= 4 is 5.91 Å². The number of nitrogens with zero attached hydrogens (tertiary/aromatic N) is 1. The predicted molar refractivity (Wildman–Crippen MR) is 83.9 cm³/mol. The lowest BCUT2D eigenvalue weighted by molar-refractivity contribution is -0.135. The maximum absolute atomic E-state index is 12.0. The summed E-state index contributed by atoms with van der Waals surface area (Å²) in [4.78, 5) is 12.0. The molecular weight excluding hydrogens is 296 g/mol. The Bertz CT molecular complexity index is 645. The molecule has 1 saturated heterocycles. The third-order valence-corrected chi connectivity index (χ3v) is 3.85. The van der Waals surface area contributed by atoms with Crippen molar-refractivity contribution in [2.24, 2.45) is 0 Å². The molecule has 6 heteroatoms. The molecule has 2 heterocycles. The minimum absolute atomic E-state index is 0.0845. The highest BCUT2D eigenvalue weighted by Crippen LogP contribution is 2.23. The monoisotopic (exact) mass is 316 g/mol. The molecule has 3 rings (SSSR count). The highest BCUT2D eigenvalue weighted by Gasteiger charge is 2.21. The van der Waals surface area contributed by atoms with Crippen LogP contribution in [-0.4, -0.2) is 30.9 Å². The third-order valence-electron chi connectivity index (χ3n) is 3.85. The van der Waals surface area contributed by atoms with Crippen molar-refractivity contribution in [3.8, 4) is 17.1 Å². The molecule has 23 heavy (non-hydrogen) atoms. The maximum Gasteiger partial charge on any atom is 0.249 e. The SMILES string of the molecule is COc1ccc(-c2cc(CNC(=O)[C@@H]3CCCCO3)no2)cc1. The van der Waals surface area contributed by atoms with Gasteiger partial charge in [-0.2, -0.15) is 0 Å². The van der Waals surface area contributed by atoms with Crippen LogP contribution in [0.3, 0.4) is 0 Å². The highest BCUT2D eigenvalue weighted by atomic mass is 16.5. The van der Waals surface area contributed by atoms with E-state index in [2.05, 4.69) is 10.5 Å². The molecule has 0 unspecified atom stereocenters. The number of methoxy groups -OCH3 is 1. The van der Waals surface area contributed by atoms with E-state index >= 15 is 0 Å². The molecule has 1 amide bonds. The predicted octanol–water partition coefficient (Wildman–Crippen LogP) is 2.54. The van der Waals surface area contributed by atoms with E-state index < -0.39 is 0 Å². The first-order valence-electron chi connectivity index (χ1n) is 7.75. The molecule has 0 aliphatic carbocycles. The van der Waals surface area contributed by atoms with Crippen LogP contribution in [0.2, 0.25) is 0 Å². The van der Waals surface area contributed by atoms with E-state index in [0.29, 0.717) is 24.6 Å².